The third-order valence-corrected chi connectivity index (χ3v) is 4.24. The Balaban J connectivity index is 1.94. The van der Waals surface area contributed by atoms with Crippen molar-refractivity contribution in [3.05, 3.63) is 29.3 Å². The van der Waals surface area contributed by atoms with Crippen molar-refractivity contribution in [2.24, 2.45) is 11.1 Å². The molecule has 4 nitrogen and oxygen atoms in total. The van der Waals surface area contributed by atoms with Crippen LogP contribution >= 0.6 is 0 Å². The topological polar surface area (TPSA) is 58.4 Å². The zero-order valence-corrected chi connectivity index (χ0v) is 12.7. The number of carbonyl (C=O) groups is 1. The Hall–Kier alpha value is -1.39. The van der Waals surface area contributed by atoms with Crippen molar-refractivity contribution in [3.8, 4) is 0 Å². The maximum absolute atomic E-state index is 12.2. The number of anilines is 1. The Labute approximate surface area is 121 Å². The minimum atomic E-state index is 0.0590. The monoisotopic (exact) mass is 275 g/mol. The second-order valence-electron chi connectivity index (χ2n) is 6.29. The first kappa shape index (κ1) is 15.0. The molecule has 1 heterocycles. The highest BCUT2D eigenvalue weighted by Gasteiger charge is 2.33. The molecule has 1 aromatic carbocycles. The molecule has 1 atom stereocenters. The van der Waals surface area contributed by atoms with Crippen LogP contribution in [0.5, 0.6) is 0 Å². The lowest BCUT2D eigenvalue weighted by molar-refractivity contribution is -0.117. The summed E-state index contributed by atoms with van der Waals surface area (Å²) in [6.07, 6.45) is 1.07. The fourth-order valence-corrected chi connectivity index (χ4v) is 2.82. The molecule has 0 spiro atoms. The van der Waals surface area contributed by atoms with Crippen LogP contribution in [0.4, 0.5) is 5.69 Å². The molecule has 0 bridgehead atoms. The first-order valence-electron chi connectivity index (χ1n) is 7.22. The molecule has 0 radical (unpaired) electrons. The minimum absolute atomic E-state index is 0.0590. The quantitative estimate of drug-likeness (QED) is 0.882. The van der Waals surface area contributed by atoms with E-state index in [9.17, 15) is 4.79 Å². The van der Waals surface area contributed by atoms with Gasteiger partial charge in [-0.25, -0.2) is 0 Å². The van der Waals surface area contributed by atoms with Crippen LogP contribution in [0.25, 0.3) is 0 Å². The summed E-state index contributed by atoms with van der Waals surface area (Å²) in [5.74, 6) is 0.0590. The molecular weight excluding hydrogens is 250 g/mol. The lowest BCUT2D eigenvalue weighted by atomic mass is 9.90. The predicted octanol–water partition coefficient (Wildman–Crippen LogP) is 1.91. The van der Waals surface area contributed by atoms with Gasteiger partial charge in [-0.3, -0.25) is 9.69 Å². The molecule has 0 aliphatic carbocycles. The molecule has 0 aromatic heterocycles. The highest BCUT2D eigenvalue weighted by atomic mass is 16.2. The summed E-state index contributed by atoms with van der Waals surface area (Å²) in [4.78, 5) is 14.4. The van der Waals surface area contributed by atoms with E-state index < -0.39 is 0 Å². The van der Waals surface area contributed by atoms with Gasteiger partial charge in [-0.05, 0) is 49.9 Å². The van der Waals surface area contributed by atoms with Gasteiger partial charge < -0.3 is 11.1 Å². The number of likely N-dealkylation sites (tertiary alicyclic amines) is 1. The number of nitrogens with two attached hydrogens (primary N) is 1. The van der Waals surface area contributed by atoms with Crippen LogP contribution in [-0.2, 0) is 4.79 Å². The van der Waals surface area contributed by atoms with Crippen molar-refractivity contribution >= 4 is 11.6 Å². The van der Waals surface area contributed by atoms with E-state index in [0.717, 1.165) is 36.3 Å². The molecule has 1 fully saturated rings. The van der Waals surface area contributed by atoms with E-state index in [1.54, 1.807) is 0 Å². The maximum Gasteiger partial charge on any atom is 0.238 e. The Kier molecular flexibility index (Phi) is 4.45. The van der Waals surface area contributed by atoms with E-state index in [-0.39, 0.29) is 11.3 Å². The minimum Gasteiger partial charge on any atom is -0.330 e. The lowest BCUT2D eigenvalue weighted by Gasteiger charge is -2.22. The van der Waals surface area contributed by atoms with Gasteiger partial charge in [0.15, 0.2) is 0 Å². The average molecular weight is 275 g/mol. The van der Waals surface area contributed by atoms with E-state index in [1.807, 2.05) is 32.0 Å². The maximum atomic E-state index is 12.2. The molecule has 2 rings (SSSR count). The fraction of sp³-hybridized carbons (Fsp3) is 0.562. The Bertz CT molecular complexity index is 480. The van der Waals surface area contributed by atoms with E-state index in [2.05, 4.69) is 17.1 Å². The standard InChI is InChI=1S/C16H25N3O/c1-12-5-4-6-13(2)15(12)18-14(20)9-19-8-7-16(3,10-17)11-19/h4-6H,7-11,17H2,1-3H3,(H,18,20). The van der Waals surface area contributed by atoms with E-state index in [0.29, 0.717) is 13.1 Å². The van der Waals surface area contributed by atoms with Crippen LogP contribution in [0.15, 0.2) is 18.2 Å². The van der Waals surface area contributed by atoms with Crippen molar-refractivity contribution in [2.75, 3.05) is 31.5 Å². The van der Waals surface area contributed by atoms with Crippen molar-refractivity contribution < 1.29 is 4.79 Å². The van der Waals surface area contributed by atoms with Crippen LogP contribution in [-0.4, -0.2) is 37.0 Å². The predicted molar refractivity (Wildman–Crippen MR) is 82.8 cm³/mol. The molecule has 4 heteroatoms. The lowest BCUT2D eigenvalue weighted by Crippen LogP contribution is -2.35. The summed E-state index contributed by atoms with van der Waals surface area (Å²) < 4.78 is 0. The normalized spacial score (nSPS) is 23.0. The van der Waals surface area contributed by atoms with Gasteiger partial charge in [0.05, 0.1) is 6.54 Å². The van der Waals surface area contributed by atoms with Gasteiger partial charge in [0.2, 0.25) is 5.91 Å². The number of para-hydroxylation sites is 1. The molecule has 1 amide bonds. The second kappa shape index (κ2) is 5.94. The molecule has 0 saturated carbocycles. The highest BCUT2D eigenvalue weighted by molar-refractivity contribution is 5.93. The smallest absolute Gasteiger partial charge is 0.238 e. The van der Waals surface area contributed by atoms with Crippen LogP contribution in [0, 0.1) is 19.3 Å². The Morgan fingerprint density at radius 2 is 2.05 bits per heavy atom. The molecule has 1 aromatic rings. The third-order valence-electron chi connectivity index (χ3n) is 4.24. The van der Waals surface area contributed by atoms with Gasteiger partial charge in [0.1, 0.15) is 0 Å². The van der Waals surface area contributed by atoms with Crippen LogP contribution in [0.1, 0.15) is 24.5 Å². The van der Waals surface area contributed by atoms with E-state index >= 15 is 0 Å². The summed E-state index contributed by atoms with van der Waals surface area (Å²) in [6, 6.07) is 6.04. The number of amides is 1. The second-order valence-corrected chi connectivity index (χ2v) is 6.29. The first-order valence-corrected chi connectivity index (χ1v) is 7.22. The van der Waals surface area contributed by atoms with E-state index in [4.69, 9.17) is 5.73 Å². The first-order chi connectivity index (χ1) is 9.43. The number of rotatable bonds is 4. The van der Waals surface area contributed by atoms with Gasteiger partial charge in [0.25, 0.3) is 0 Å². The Morgan fingerprint density at radius 3 is 2.60 bits per heavy atom. The number of nitrogens with zero attached hydrogens (tertiary/aromatic N) is 1. The molecule has 1 aliphatic heterocycles. The SMILES string of the molecule is Cc1cccc(C)c1NC(=O)CN1CCC(C)(CN)C1. The van der Waals surface area contributed by atoms with Gasteiger partial charge in [0, 0.05) is 12.2 Å². The molecule has 1 aliphatic rings. The highest BCUT2D eigenvalue weighted by Crippen LogP contribution is 2.28. The number of aryl methyl sites for hydroxylation is 2. The summed E-state index contributed by atoms with van der Waals surface area (Å²) in [6.45, 7) is 9.22. The molecule has 110 valence electrons. The van der Waals surface area contributed by atoms with Crippen LogP contribution < -0.4 is 11.1 Å². The van der Waals surface area contributed by atoms with E-state index in [1.165, 1.54) is 0 Å². The molecule has 1 saturated heterocycles. The largest absolute Gasteiger partial charge is 0.330 e. The zero-order valence-electron chi connectivity index (χ0n) is 12.7. The summed E-state index contributed by atoms with van der Waals surface area (Å²) >= 11 is 0. The van der Waals surface area contributed by atoms with Crippen molar-refractivity contribution in [1.82, 2.24) is 4.90 Å². The summed E-state index contributed by atoms with van der Waals surface area (Å²) in [5.41, 5.74) is 9.11. The average Bonchev–Trinajstić information content (AvgIpc) is 2.76. The number of nitrogens with one attached hydrogen (secondary N) is 1. The van der Waals surface area contributed by atoms with Crippen molar-refractivity contribution in [1.29, 1.82) is 0 Å². The van der Waals surface area contributed by atoms with Gasteiger partial charge >= 0.3 is 0 Å². The van der Waals surface area contributed by atoms with Crippen LogP contribution in [0.2, 0.25) is 0 Å². The van der Waals surface area contributed by atoms with Gasteiger partial charge in [-0.2, -0.15) is 0 Å². The zero-order chi connectivity index (χ0) is 14.8. The molecule has 3 N–H and O–H groups in total. The number of carbonyl (C=O) groups excluding carboxylic acids is 1. The third kappa shape index (κ3) is 3.38. The van der Waals surface area contributed by atoms with Crippen molar-refractivity contribution in [2.45, 2.75) is 27.2 Å². The summed E-state index contributed by atoms with van der Waals surface area (Å²) in [5, 5.41) is 3.04. The number of hydrogen-bond acceptors (Lipinski definition) is 3. The Morgan fingerprint density at radius 1 is 1.40 bits per heavy atom. The number of benzene rings is 1. The summed E-state index contributed by atoms with van der Waals surface area (Å²) in [7, 11) is 0. The van der Waals surface area contributed by atoms with Crippen LogP contribution in [0.3, 0.4) is 0 Å². The molecule has 1 unspecified atom stereocenters. The fourth-order valence-electron chi connectivity index (χ4n) is 2.82. The van der Waals surface area contributed by atoms with Gasteiger partial charge in [-0.15, -0.1) is 0 Å². The molecule has 20 heavy (non-hydrogen) atoms. The molecular formula is C16H25N3O. The van der Waals surface area contributed by atoms with Crippen molar-refractivity contribution in [3.63, 3.8) is 0 Å². The van der Waals surface area contributed by atoms with Gasteiger partial charge in [-0.1, -0.05) is 25.1 Å². The number of hydrogen-bond donors (Lipinski definition) is 2.